The van der Waals surface area contributed by atoms with E-state index in [1.807, 2.05) is 0 Å². The number of carbonyl (C=O) groups is 1. The number of esters is 1. The lowest BCUT2D eigenvalue weighted by Crippen LogP contribution is -2.16. The van der Waals surface area contributed by atoms with Crippen LogP contribution < -0.4 is 4.74 Å². The molecule has 1 aromatic carbocycles. The van der Waals surface area contributed by atoms with Gasteiger partial charge < -0.3 is 4.74 Å². The minimum Gasteiger partial charge on any atom is -0.418 e. The molecule has 0 atom stereocenters. The fourth-order valence-electron chi connectivity index (χ4n) is 0.729. The Hall–Kier alpha value is -2.17. The van der Waals surface area contributed by atoms with Crippen molar-refractivity contribution in [3.05, 3.63) is 52.7 Å². The van der Waals surface area contributed by atoms with Crippen molar-refractivity contribution in [2.24, 2.45) is 0 Å². The van der Waals surface area contributed by atoms with E-state index in [2.05, 4.69) is 11.3 Å². The molecule has 5 heteroatoms. The van der Waals surface area contributed by atoms with Gasteiger partial charge in [0.05, 0.1) is 4.92 Å². The lowest BCUT2D eigenvalue weighted by molar-refractivity contribution is -0.420. The van der Waals surface area contributed by atoms with E-state index in [1.54, 1.807) is 18.2 Å². The lowest BCUT2D eigenvalue weighted by atomic mass is 10.3. The highest BCUT2D eigenvalue weighted by atomic mass is 16.6. The molecule has 0 heterocycles. The summed E-state index contributed by atoms with van der Waals surface area (Å²) in [5.74, 6) is -0.804. The van der Waals surface area contributed by atoms with E-state index in [0.717, 1.165) is 0 Å². The van der Waals surface area contributed by atoms with Crippen molar-refractivity contribution in [2.45, 2.75) is 0 Å². The molecule has 0 saturated heterocycles. The predicted molar refractivity (Wildman–Crippen MR) is 48.2 cm³/mol. The van der Waals surface area contributed by atoms with Crippen LogP contribution in [0.3, 0.4) is 0 Å². The fraction of sp³-hybridized carbons (Fsp3) is 0. The number of para-hydroxylation sites is 1. The average molecular weight is 193 g/mol. The summed E-state index contributed by atoms with van der Waals surface area (Å²) in [6.45, 7) is 2.98. The molecule has 0 N–H and O–H groups in total. The average Bonchev–Trinajstić information content (AvgIpc) is 2.18. The van der Waals surface area contributed by atoms with Gasteiger partial charge in [0.25, 0.3) is 0 Å². The van der Waals surface area contributed by atoms with E-state index in [-0.39, 0.29) is 5.75 Å². The summed E-state index contributed by atoms with van der Waals surface area (Å²) in [7, 11) is 0. The highest BCUT2D eigenvalue weighted by Crippen LogP contribution is 2.10. The molecular formula is C9H7NO4. The summed E-state index contributed by atoms with van der Waals surface area (Å²) in [6.07, 6.45) is 0. The van der Waals surface area contributed by atoms with Gasteiger partial charge in [-0.1, -0.05) is 18.2 Å². The van der Waals surface area contributed by atoms with Gasteiger partial charge in [0.1, 0.15) is 5.75 Å². The molecule has 0 fully saturated rings. The zero-order valence-electron chi connectivity index (χ0n) is 7.17. The Morgan fingerprint density at radius 3 is 2.43 bits per heavy atom. The van der Waals surface area contributed by atoms with Crippen LogP contribution in [0.4, 0.5) is 0 Å². The number of hydrogen-bond donors (Lipinski definition) is 0. The van der Waals surface area contributed by atoms with Gasteiger partial charge >= 0.3 is 11.7 Å². The van der Waals surface area contributed by atoms with Crippen molar-refractivity contribution in [2.75, 3.05) is 0 Å². The smallest absolute Gasteiger partial charge is 0.414 e. The first kappa shape index (κ1) is 9.91. The molecule has 0 aliphatic carbocycles. The molecule has 0 aliphatic heterocycles. The van der Waals surface area contributed by atoms with Crippen molar-refractivity contribution < 1.29 is 14.5 Å². The number of nitro groups is 1. The fourth-order valence-corrected chi connectivity index (χ4v) is 0.729. The van der Waals surface area contributed by atoms with Crippen LogP contribution in [0.2, 0.25) is 0 Å². The summed E-state index contributed by atoms with van der Waals surface area (Å²) in [6, 6.07) is 8.07. The van der Waals surface area contributed by atoms with E-state index in [4.69, 9.17) is 0 Å². The Morgan fingerprint density at radius 1 is 1.36 bits per heavy atom. The number of benzene rings is 1. The highest BCUT2D eigenvalue weighted by molar-refractivity contribution is 5.86. The number of carbonyl (C=O) groups excluding carboxylic acids is 1. The lowest BCUT2D eigenvalue weighted by Gasteiger charge is -2.00. The zero-order valence-corrected chi connectivity index (χ0v) is 7.17. The second-order valence-electron chi connectivity index (χ2n) is 2.41. The summed E-state index contributed by atoms with van der Waals surface area (Å²) in [5.41, 5.74) is -0.783. The number of hydrogen-bond acceptors (Lipinski definition) is 4. The third-order valence-electron chi connectivity index (χ3n) is 1.41. The largest absolute Gasteiger partial charge is 0.418 e. The van der Waals surface area contributed by atoms with Gasteiger partial charge in [-0.3, -0.25) is 10.1 Å². The SMILES string of the molecule is C=C(C(=O)Oc1ccccc1)[N+](=O)[O-]. The highest BCUT2D eigenvalue weighted by Gasteiger charge is 2.20. The summed E-state index contributed by atoms with van der Waals surface area (Å²) in [4.78, 5) is 20.2. The Kier molecular flexibility index (Phi) is 2.96. The number of ether oxygens (including phenoxy) is 1. The van der Waals surface area contributed by atoms with E-state index >= 15 is 0 Å². The van der Waals surface area contributed by atoms with E-state index in [9.17, 15) is 14.9 Å². The summed E-state index contributed by atoms with van der Waals surface area (Å²) < 4.78 is 4.66. The molecule has 0 spiro atoms. The maximum atomic E-state index is 11.0. The van der Waals surface area contributed by atoms with Gasteiger partial charge in [0.2, 0.25) is 0 Å². The number of rotatable bonds is 3. The molecule has 0 aliphatic rings. The molecule has 1 aromatic rings. The Bertz CT molecular complexity index is 372. The van der Waals surface area contributed by atoms with E-state index in [1.165, 1.54) is 12.1 Å². The van der Waals surface area contributed by atoms with Gasteiger partial charge in [0, 0.05) is 0 Å². The standard InChI is InChI=1S/C9H7NO4/c1-7(10(12)13)9(11)14-8-5-3-2-4-6-8/h2-6H,1H2. The monoisotopic (exact) mass is 193 g/mol. The topological polar surface area (TPSA) is 69.4 Å². The van der Waals surface area contributed by atoms with Gasteiger partial charge in [0.15, 0.2) is 0 Å². The number of nitrogens with zero attached hydrogens (tertiary/aromatic N) is 1. The van der Waals surface area contributed by atoms with Crippen LogP contribution >= 0.6 is 0 Å². The van der Waals surface area contributed by atoms with Crippen molar-refractivity contribution in [3.63, 3.8) is 0 Å². The van der Waals surface area contributed by atoms with Gasteiger partial charge in [-0.15, -0.1) is 0 Å². The van der Waals surface area contributed by atoms with Crippen LogP contribution in [0.1, 0.15) is 0 Å². The van der Waals surface area contributed by atoms with Crippen LogP contribution in [0.5, 0.6) is 5.75 Å². The zero-order chi connectivity index (χ0) is 10.6. The maximum Gasteiger partial charge on any atom is 0.414 e. The van der Waals surface area contributed by atoms with Gasteiger partial charge in [-0.25, -0.2) is 4.79 Å². The van der Waals surface area contributed by atoms with Gasteiger partial charge in [-0.05, 0) is 18.7 Å². The molecule has 1 rings (SSSR count). The summed E-state index contributed by atoms with van der Waals surface area (Å²) in [5, 5.41) is 10.1. The summed E-state index contributed by atoms with van der Waals surface area (Å²) >= 11 is 0. The van der Waals surface area contributed by atoms with Crippen LogP contribution in [0.25, 0.3) is 0 Å². The predicted octanol–water partition coefficient (Wildman–Crippen LogP) is 1.38. The molecular weight excluding hydrogens is 186 g/mol. The first-order valence-corrected chi connectivity index (χ1v) is 3.72. The quantitative estimate of drug-likeness (QED) is 0.239. The second kappa shape index (κ2) is 4.18. The second-order valence-corrected chi connectivity index (χ2v) is 2.41. The van der Waals surface area contributed by atoms with Crippen molar-refractivity contribution in [3.8, 4) is 5.75 Å². The van der Waals surface area contributed by atoms with Crippen molar-refractivity contribution in [1.82, 2.24) is 0 Å². The molecule has 0 radical (unpaired) electrons. The third kappa shape index (κ3) is 2.41. The molecule has 0 amide bonds. The first-order valence-electron chi connectivity index (χ1n) is 3.72. The maximum absolute atomic E-state index is 11.0. The molecule has 14 heavy (non-hydrogen) atoms. The first-order chi connectivity index (χ1) is 6.61. The Morgan fingerprint density at radius 2 is 1.93 bits per heavy atom. The minimum absolute atomic E-state index is 0.250. The van der Waals surface area contributed by atoms with Crippen molar-refractivity contribution >= 4 is 5.97 Å². The molecule has 72 valence electrons. The van der Waals surface area contributed by atoms with Crippen molar-refractivity contribution in [1.29, 1.82) is 0 Å². The van der Waals surface area contributed by atoms with Gasteiger partial charge in [-0.2, -0.15) is 0 Å². The molecule has 0 aromatic heterocycles. The Labute approximate surface area is 79.8 Å². The molecule has 0 saturated carbocycles. The van der Waals surface area contributed by atoms with Crippen LogP contribution in [-0.4, -0.2) is 10.9 Å². The van der Waals surface area contributed by atoms with E-state index in [0.29, 0.717) is 0 Å². The van der Waals surface area contributed by atoms with Crippen LogP contribution in [0, 0.1) is 10.1 Å². The normalized spacial score (nSPS) is 9.14. The van der Waals surface area contributed by atoms with E-state index < -0.39 is 16.6 Å². The minimum atomic E-state index is -1.05. The molecule has 5 nitrogen and oxygen atoms in total. The molecule has 0 bridgehead atoms. The Balaban J connectivity index is 2.67. The van der Waals surface area contributed by atoms with Crippen LogP contribution in [-0.2, 0) is 4.79 Å². The molecule has 0 unspecified atom stereocenters. The van der Waals surface area contributed by atoms with Crippen LogP contribution in [0.15, 0.2) is 42.6 Å². The third-order valence-corrected chi connectivity index (χ3v) is 1.41.